The van der Waals surface area contributed by atoms with Crippen LogP contribution in [0.25, 0.3) is 10.1 Å². The minimum absolute atomic E-state index is 0.0153. The van der Waals surface area contributed by atoms with Crippen molar-refractivity contribution < 1.29 is 27.9 Å². The van der Waals surface area contributed by atoms with E-state index in [4.69, 9.17) is 9.84 Å². The molecule has 2 N–H and O–H groups in total. The number of methoxy groups -OCH3 is 1. The zero-order valence-corrected chi connectivity index (χ0v) is 16.5. The van der Waals surface area contributed by atoms with Crippen molar-refractivity contribution in [3.63, 3.8) is 0 Å². The Bertz CT molecular complexity index is 1130. The summed E-state index contributed by atoms with van der Waals surface area (Å²) < 4.78 is 33.3. The number of ether oxygens (including phenoxy) is 1. The van der Waals surface area contributed by atoms with Crippen LogP contribution in [-0.4, -0.2) is 32.6 Å². The van der Waals surface area contributed by atoms with Gasteiger partial charge in [0, 0.05) is 16.8 Å². The van der Waals surface area contributed by atoms with E-state index in [1.54, 1.807) is 36.4 Å². The fourth-order valence-corrected chi connectivity index (χ4v) is 4.62. The summed E-state index contributed by atoms with van der Waals surface area (Å²) in [7, 11) is -2.49. The van der Waals surface area contributed by atoms with Crippen molar-refractivity contribution >= 4 is 49.1 Å². The summed E-state index contributed by atoms with van der Waals surface area (Å²) in [5, 5.41) is 9.44. The predicted molar refractivity (Wildman–Crippen MR) is 106 cm³/mol. The van der Waals surface area contributed by atoms with Crippen LogP contribution in [-0.2, 0) is 26.0 Å². The van der Waals surface area contributed by atoms with Crippen molar-refractivity contribution in [2.45, 2.75) is 17.7 Å². The van der Waals surface area contributed by atoms with Gasteiger partial charge in [-0.2, -0.15) is 0 Å². The summed E-state index contributed by atoms with van der Waals surface area (Å²) in [5.41, 5.74) is 1.12. The zero-order valence-electron chi connectivity index (χ0n) is 14.8. The molecule has 1 heterocycles. The second-order valence-corrected chi connectivity index (χ2v) is 8.76. The minimum Gasteiger partial charge on any atom is -0.481 e. The summed E-state index contributed by atoms with van der Waals surface area (Å²) in [6.45, 7) is 0. The van der Waals surface area contributed by atoms with Crippen molar-refractivity contribution in [3.8, 4) is 0 Å². The zero-order chi connectivity index (χ0) is 20.3. The van der Waals surface area contributed by atoms with Crippen LogP contribution < -0.4 is 4.72 Å². The molecule has 7 nitrogen and oxygen atoms in total. The van der Waals surface area contributed by atoms with Crippen molar-refractivity contribution in [1.82, 2.24) is 0 Å². The minimum atomic E-state index is -3.80. The number of anilines is 1. The Morgan fingerprint density at radius 3 is 2.46 bits per heavy atom. The number of rotatable bonds is 7. The summed E-state index contributed by atoms with van der Waals surface area (Å²) in [6.07, 6.45) is 0.318. The van der Waals surface area contributed by atoms with Crippen LogP contribution in [0, 0.1) is 0 Å². The Kier molecular flexibility index (Phi) is 5.66. The number of thiophene rings is 1. The van der Waals surface area contributed by atoms with Crippen molar-refractivity contribution in [3.05, 3.63) is 59.0 Å². The highest BCUT2D eigenvalue weighted by atomic mass is 32.2. The fourth-order valence-electron chi connectivity index (χ4n) is 2.61. The van der Waals surface area contributed by atoms with Crippen molar-refractivity contribution in [2.24, 2.45) is 0 Å². The molecular formula is C19H17NO6S2. The van der Waals surface area contributed by atoms with Gasteiger partial charge in [0.2, 0.25) is 0 Å². The molecule has 28 heavy (non-hydrogen) atoms. The van der Waals surface area contributed by atoms with Gasteiger partial charge in [-0.1, -0.05) is 12.1 Å². The molecule has 0 spiro atoms. The lowest BCUT2D eigenvalue weighted by molar-refractivity contribution is -0.136. The Morgan fingerprint density at radius 2 is 1.82 bits per heavy atom. The average molecular weight is 419 g/mol. The van der Waals surface area contributed by atoms with E-state index in [0.717, 1.165) is 15.6 Å². The number of carbonyl (C=O) groups is 2. The van der Waals surface area contributed by atoms with Crippen LogP contribution in [0.2, 0.25) is 0 Å². The summed E-state index contributed by atoms with van der Waals surface area (Å²) in [5.74, 6) is -1.34. The van der Waals surface area contributed by atoms with Gasteiger partial charge in [0.15, 0.2) is 0 Å². The van der Waals surface area contributed by atoms with E-state index in [9.17, 15) is 18.0 Å². The number of esters is 1. The van der Waals surface area contributed by atoms with Crippen LogP contribution in [0.1, 0.15) is 21.7 Å². The van der Waals surface area contributed by atoms with Crippen LogP contribution in [0.15, 0.2) is 53.4 Å². The Balaban J connectivity index is 1.79. The van der Waals surface area contributed by atoms with Gasteiger partial charge in [0.05, 0.1) is 12.0 Å². The quantitative estimate of drug-likeness (QED) is 0.567. The first-order valence-electron chi connectivity index (χ1n) is 8.24. The highest BCUT2D eigenvalue weighted by molar-refractivity contribution is 7.92. The smallest absolute Gasteiger partial charge is 0.348 e. The first kappa shape index (κ1) is 19.8. The molecule has 1 aromatic heterocycles. The second kappa shape index (κ2) is 7.99. The van der Waals surface area contributed by atoms with Gasteiger partial charge in [0.1, 0.15) is 4.88 Å². The normalized spacial score (nSPS) is 11.3. The van der Waals surface area contributed by atoms with E-state index >= 15 is 0 Å². The van der Waals surface area contributed by atoms with E-state index in [1.165, 1.54) is 30.6 Å². The Labute approximate surface area is 165 Å². The highest BCUT2D eigenvalue weighted by Crippen LogP contribution is 2.29. The Morgan fingerprint density at radius 1 is 1.11 bits per heavy atom. The van der Waals surface area contributed by atoms with E-state index in [0.29, 0.717) is 17.0 Å². The topological polar surface area (TPSA) is 110 Å². The van der Waals surface area contributed by atoms with E-state index < -0.39 is 22.0 Å². The maximum Gasteiger partial charge on any atom is 0.348 e. The van der Waals surface area contributed by atoms with E-state index in [-0.39, 0.29) is 11.3 Å². The first-order valence-corrected chi connectivity index (χ1v) is 10.5. The van der Waals surface area contributed by atoms with Gasteiger partial charge >= 0.3 is 11.9 Å². The highest BCUT2D eigenvalue weighted by Gasteiger charge is 2.16. The molecule has 146 valence electrons. The number of benzene rings is 2. The molecular weight excluding hydrogens is 402 g/mol. The third-order valence-corrected chi connectivity index (χ3v) is 6.51. The number of hydrogen-bond donors (Lipinski definition) is 2. The number of fused-ring (bicyclic) bond motifs is 1. The number of carbonyl (C=O) groups excluding carboxylic acids is 1. The molecule has 0 saturated carbocycles. The van der Waals surface area contributed by atoms with Crippen molar-refractivity contribution in [2.75, 3.05) is 11.8 Å². The van der Waals surface area contributed by atoms with Gasteiger partial charge in [-0.15, -0.1) is 11.3 Å². The lowest BCUT2D eigenvalue weighted by Gasteiger charge is -2.09. The molecule has 0 radical (unpaired) electrons. The maximum atomic E-state index is 12.6. The van der Waals surface area contributed by atoms with Gasteiger partial charge in [0.25, 0.3) is 10.0 Å². The average Bonchev–Trinajstić information content (AvgIpc) is 3.09. The second-order valence-electron chi connectivity index (χ2n) is 6.00. The first-order chi connectivity index (χ1) is 13.3. The third-order valence-electron chi connectivity index (χ3n) is 4.02. The fraction of sp³-hybridized carbons (Fsp3) is 0.158. The molecule has 0 bridgehead atoms. The number of sulfonamides is 1. The molecule has 0 aliphatic carbocycles. The van der Waals surface area contributed by atoms with Crippen LogP contribution in [0.4, 0.5) is 5.69 Å². The molecule has 2 aromatic carbocycles. The molecule has 0 aliphatic heterocycles. The molecule has 0 atom stereocenters. The summed E-state index contributed by atoms with van der Waals surface area (Å²) in [4.78, 5) is 22.8. The molecule has 0 unspecified atom stereocenters. The predicted octanol–water partition coefficient (Wildman–Crippen LogP) is 3.51. The van der Waals surface area contributed by atoms with Crippen molar-refractivity contribution in [1.29, 1.82) is 0 Å². The third kappa shape index (κ3) is 4.49. The lowest BCUT2D eigenvalue weighted by Crippen LogP contribution is -2.12. The number of aryl methyl sites for hydroxylation is 1. The van der Waals surface area contributed by atoms with Gasteiger partial charge in [-0.3, -0.25) is 9.52 Å². The van der Waals surface area contributed by atoms with Crippen LogP contribution in [0.3, 0.4) is 0 Å². The van der Waals surface area contributed by atoms with E-state index in [1.807, 2.05) is 0 Å². The molecule has 0 aliphatic rings. The number of carboxylic acids is 1. The summed E-state index contributed by atoms with van der Waals surface area (Å²) >= 11 is 1.27. The Hall–Kier alpha value is -2.91. The molecule has 0 fully saturated rings. The van der Waals surface area contributed by atoms with Gasteiger partial charge in [-0.05, 0) is 53.8 Å². The van der Waals surface area contributed by atoms with Gasteiger partial charge in [-0.25, -0.2) is 13.2 Å². The largest absolute Gasteiger partial charge is 0.481 e. The van der Waals surface area contributed by atoms with Gasteiger partial charge < -0.3 is 9.84 Å². The number of nitrogens with one attached hydrogen (secondary N) is 1. The molecule has 9 heteroatoms. The molecule has 3 aromatic rings. The number of aliphatic carboxylic acids is 1. The molecule has 3 rings (SSSR count). The standard InChI is InChI=1S/C19H17NO6S2/c1-26-19(23)17-11-13-10-14(5-8-16(13)27-17)20-28(24,25)15-6-2-12(3-7-15)4-9-18(21)22/h2-3,5-8,10-11,20H,4,9H2,1H3,(H,21,22). The molecule has 0 amide bonds. The molecule has 0 saturated heterocycles. The van der Waals surface area contributed by atoms with Crippen LogP contribution >= 0.6 is 11.3 Å². The summed E-state index contributed by atoms with van der Waals surface area (Å²) in [6, 6.07) is 12.7. The van der Waals surface area contributed by atoms with E-state index in [2.05, 4.69) is 4.72 Å². The SMILES string of the molecule is COC(=O)c1cc2cc(NS(=O)(=O)c3ccc(CCC(=O)O)cc3)ccc2s1. The monoisotopic (exact) mass is 419 g/mol. The lowest BCUT2D eigenvalue weighted by atomic mass is 10.1. The van der Waals surface area contributed by atoms with Crippen LogP contribution in [0.5, 0.6) is 0 Å². The number of carboxylic acid groups (broad SMARTS) is 1. The maximum absolute atomic E-state index is 12.6. The number of hydrogen-bond acceptors (Lipinski definition) is 6.